The van der Waals surface area contributed by atoms with E-state index in [1.54, 1.807) is 0 Å². The van der Waals surface area contributed by atoms with Crippen LogP contribution in [-0.2, 0) is 6.42 Å². The SMILES string of the molecule is c1ccc(-c2ccc3c(c2)-c2ccccc2-c2cc(-c4ccccc4)cc4c2CC3c2ccc(-c3ccccc3-c3ccccc3)cc2-4)cc1. The molecule has 8 aromatic carbocycles. The lowest BCUT2D eigenvalue weighted by molar-refractivity contribution is 0.795. The Morgan fingerprint density at radius 2 is 0.660 bits per heavy atom. The number of hydrogen-bond donors (Lipinski definition) is 0. The van der Waals surface area contributed by atoms with Crippen molar-refractivity contribution >= 4 is 0 Å². The molecule has 0 N–H and O–H groups in total. The summed E-state index contributed by atoms with van der Waals surface area (Å²) in [6.45, 7) is 0. The van der Waals surface area contributed by atoms with Crippen molar-refractivity contribution in [2.24, 2.45) is 0 Å². The maximum atomic E-state index is 2.48. The van der Waals surface area contributed by atoms with E-state index in [0.29, 0.717) is 0 Å². The molecular weight excluding hydrogens is 601 g/mol. The van der Waals surface area contributed by atoms with Crippen LogP contribution in [0.15, 0.2) is 188 Å². The topological polar surface area (TPSA) is 0 Å². The van der Waals surface area contributed by atoms with Crippen molar-refractivity contribution in [1.82, 2.24) is 0 Å². The molecule has 0 radical (unpaired) electrons. The Balaban J connectivity index is 1.27. The van der Waals surface area contributed by atoms with E-state index in [0.717, 1.165) is 6.42 Å². The summed E-state index contributed by atoms with van der Waals surface area (Å²) in [6.07, 6.45) is 0.971. The zero-order valence-electron chi connectivity index (χ0n) is 27.7. The summed E-state index contributed by atoms with van der Waals surface area (Å²) >= 11 is 0. The summed E-state index contributed by atoms with van der Waals surface area (Å²) in [5.41, 5.74) is 22.2. The maximum absolute atomic E-state index is 2.48. The van der Waals surface area contributed by atoms with Crippen LogP contribution in [0.3, 0.4) is 0 Å². The number of benzene rings is 8. The first-order valence-corrected chi connectivity index (χ1v) is 17.6. The van der Waals surface area contributed by atoms with E-state index in [1.807, 2.05) is 0 Å². The third kappa shape index (κ3) is 4.68. The van der Waals surface area contributed by atoms with Crippen molar-refractivity contribution in [3.05, 3.63) is 205 Å². The van der Waals surface area contributed by atoms with Crippen LogP contribution >= 0.6 is 0 Å². The van der Waals surface area contributed by atoms with Crippen LogP contribution in [0.25, 0.3) is 77.9 Å². The highest BCUT2D eigenvalue weighted by atomic mass is 14.4. The molecule has 0 heterocycles. The molecule has 0 fully saturated rings. The Hall–Kier alpha value is -6.24. The van der Waals surface area contributed by atoms with Gasteiger partial charge in [0.25, 0.3) is 0 Å². The fourth-order valence-electron chi connectivity index (χ4n) is 8.48. The first-order chi connectivity index (χ1) is 24.8. The Labute approximate surface area is 294 Å². The Morgan fingerprint density at radius 1 is 0.260 bits per heavy atom. The minimum atomic E-state index is 0.241. The monoisotopic (exact) mass is 634 g/mol. The summed E-state index contributed by atoms with van der Waals surface area (Å²) in [4.78, 5) is 0. The van der Waals surface area contributed by atoms with Crippen LogP contribution in [0.1, 0.15) is 22.6 Å². The van der Waals surface area contributed by atoms with Gasteiger partial charge in [0.1, 0.15) is 0 Å². The van der Waals surface area contributed by atoms with Crippen LogP contribution in [0.5, 0.6) is 0 Å². The zero-order valence-corrected chi connectivity index (χ0v) is 27.7. The smallest absolute Gasteiger partial charge is 0.0142 e. The van der Waals surface area contributed by atoms with Gasteiger partial charge in [0.15, 0.2) is 0 Å². The van der Waals surface area contributed by atoms with Gasteiger partial charge in [-0.05, 0) is 125 Å². The summed E-state index contributed by atoms with van der Waals surface area (Å²) in [7, 11) is 0. The van der Waals surface area contributed by atoms with Gasteiger partial charge in [-0.2, -0.15) is 0 Å². The minimum absolute atomic E-state index is 0.241. The third-order valence-electron chi connectivity index (χ3n) is 10.9. The number of fused-ring (bicyclic) bond motifs is 5. The molecule has 10 rings (SSSR count). The molecule has 0 saturated heterocycles. The van der Waals surface area contributed by atoms with Crippen molar-refractivity contribution in [2.75, 3.05) is 0 Å². The van der Waals surface area contributed by atoms with Gasteiger partial charge in [0, 0.05) is 5.92 Å². The van der Waals surface area contributed by atoms with Crippen LogP contribution in [-0.4, -0.2) is 0 Å². The minimum Gasteiger partial charge on any atom is -0.0622 e. The van der Waals surface area contributed by atoms with Crippen LogP contribution < -0.4 is 0 Å². The van der Waals surface area contributed by atoms with Crippen molar-refractivity contribution < 1.29 is 0 Å². The van der Waals surface area contributed by atoms with Gasteiger partial charge in [-0.25, -0.2) is 0 Å². The van der Waals surface area contributed by atoms with Crippen molar-refractivity contribution in [3.63, 3.8) is 0 Å². The van der Waals surface area contributed by atoms with E-state index in [4.69, 9.17) is 0 Å². The normalized spacial score (nSPS) is 13.7. The Morgan fingerprint density at radius 3 is 1.28 bits per heavy atom. The highest BCUT2D eigenvalue weighted by Gasteiger charge is 2.33. The number of hydrogen-bond acceptors (Lipinski definition) is 0. The van der Waals surface area contributed by atoms with Gasteiger partial charge in [-0.15, -0.1) is 0 Å². The van der Waals surface area contributed by atoms with E-state index >= 15 is 0 Å². The molecule has 0 heteroatoms. The first kappa shape index (κ1) is 28.7. The van der Waals surface area contributed by atoms with Gasteiger partial charge >= 0.3 is 0 Å². The fraction of sp³-hybridized carbons (Fsp3) is 0.0400. The van der Waals surface area contributed by atoms with E-state index in [2.05, 4.69) is 188 Å². The summed E-state index contributed by atoms with van der Waals surface area (Å²) in [5, 5.41) is 0. The fourth-order valence-corrected chi connectivity index (χ4v) is 8.48. The molecule has 0 aliphatic heterocycles. The Kier molecular flexibility index (Phi) is 6.74. The molecule has 4 bridgehead atoms. The molecular formula is C50H34. The second-order valence-corrected chi connectivity index (χ2v) is 13.6. The van der Waals surface area contributed by atoms with Crippen LogP contribution in [0, 0.1) is 0 Å². The largest absolute Gasteiger partial charge is 0.0622 e. The van der Waals surface area contributed by atoms with Gasteiger partial charge in [-0.1, -0.05) is 164 Å². The standard InChI is InChI=1S/C50H34/c1-4-14-33(15-5-1)36-24-26-43-45(28-36)41-22-12-13-23-42(41)47-30-38(34-16-6-2-7-17-34)31-48-46-29-37(25-27-44(46)49(43)32-50(47)48)40-21-11-10-20-39(40)35-18-8-3-9-19-35/h1-31,49H,32H2. The summed E-state index contributed by atoms with van der Waals surface area (Å²) in [5.74, 6) is 0.241. The van der Waals surface area contributed by atoms with Gasteiger partial charge in [0.2, 0.25) is 0 Å². The lowest BCUT2D eigenvalue weighted by Crippen LogP contribution is -2.17. The average Bonchev–Trinajstić information content (AvgIpc) is 3.20. The second-order valence-electron chi connectivity index (χ2n) is 13.6. The first-order valence-electron chi connectivity index (χ1n) is 17.6. The zero-order chi connectivity index (χ0) is 33.0. The summed E-state index contributed by atoms with van der Waals surface area (Å²) in [6, 6.07) is 69.7. The molecule has 0 spiro atoms. The Bertz CT molecular complexity index is 2540. The quantitative estimate of drug-likeness (QED) is 0.181. The van der Waals surface area contributed by atoms with Gasteiger partial charge in [0.05, 0.1) is 0 Å². The highest BCUT2D eigenvalue weighted by Crippen LogP contribution is 2.54. The molecule has 8 aromatic rings. The predicted molar refractivity (Wildman–Crippen MR) is 210 cm³/mol. The second kappa shape index (κ2) is 11.7. The molecule has 0 saturated carbocycles. The molecule has 2 aliphatic carbocycles. The van der Waals surface area contributed by atoms with Gasteiger partial charge < -0.3 is 0 Å². The van der Waals surface area contributed by atoms with E-state index in [1.165, 1.54) is 94.6 Å². The van der Waals surface area contributed by atoms with E-state index < -0.39 is 0 Å². The predicted octanol–water partition coefficient (Wildman–Crippen LogP) is 13.4. The van der Waals surface area contributed by atoms with Crippen LogP contribution in [0.2, 0.25) is 0 Å². The van der Waals surface area contributed by atoms with Crippen molar-refractivity contribution in [3.8, 4) is 77.9 Å². The molecule has 1 atom stereocenters. The van der Waals surface area contributed by atoms with E-state index in [-0.39, 0.29) is 5.92 Å². The molecule has 0 nitrogen and oxygen atoms in total. The molecule has 234 valence electrons. The maximum Gasteiger partial charge on any atom is 0.0142 e. The molecule has 0 aromatic heterocycles. The van der Waals surface area contributed by atoms with Crippen molar-refractivity contribution in [2.45, 2.75) is 12.3 Å². The third-order valence-corrected chi connectivity index (χ3v) is 10.9. The van der Waals surface area contributed by atoms with Crippen LogP contribution in [0.4, 0.5) is 0 Å². The lowest BCUT2D eigenvalue weighted by atomic mass is 9.68. The lowest BCUT2D eigenvalue weighted by Gasteiger charge is -2.35. The van der Waals surface area contributed by atoms with Crippen molar-refractivity contribution in [1.29, 1.82) is 0 Å². The molecule has 50 heavy (non-hydrogen) atoms. The molecule has 1 unspecified atom stereocenters. The summed E-state index contributed by atoms with van der Waals surface area (Å²) < 4.78 is 0. The van der Waals surface area contributed by atoms with E-state index in [9.17, 15) is 0 Å². The number of rotatable bonds is 4. The highest BCUT2D eigenvalue weighted by molar-refractivity contribution is 5.97. The van der Waals surface area contributed by atoms with Gasteiger partial charge in [-0.3, -0.25) is 0 Å². The molecule has 0 amide bonds. The average molecular weight is 635 g/mol. The molecule has 2 aliphatic rings.